The Kier molecular flexibility index (Phi) is 5.72. The van der Waals surface area contributed by atoms with E-state index in [-0.39, 0.29) is 5.90 Å². The highest BCUT2D eigenvalue weighted by molar-refractivity contribution is 5.87. The second-order valence-electron chi connectivity index (χ2n) is 4.82. The second kappa shape index (κ2) is 7.08. The van der Waals surface area contributed by atoms with Crippen molar-refractivity contribution >= 4 is 12.0 Å². The van der Waals surface area contributed by atoms with E-state index in [0.29, 0.717) is 12.2 Å². The lowest BCUT2D eigenvalue weighted by molar-refractivity contribution is 0.0948. The van der Waals surface area contributed by atoms with Crippen molar-refractivity contribution in [2.24, 2.45) is 5.10 Å². The summed E-state index contributed by atoms with van der Waals surface area (Å²) in [5, 5.41) is 14.5. The lowest BCUT2D eigenvalue weighted by atomic mass is 9.93. The lowest BCUT2D eigenvalue weighted by Gasteiger charge is -2.25. The van der Waals surface area contributed by atoms with Crippen LogP contribution in [0.15, 0.2) is 23.3 Å². The number of aliphatic hydroxyl groups is 1. The Balaban J connectivity index is 3.13. The van der Waals surface area contributed by atoms with Gasteiger partial charge in [-0.05, 0) is 44.4 Å². The summed E-state index contributed by atoms with van der Waals surface area (Å²) in [6.45, 7) is 7.58. The standard InChI is InChI=1S/C15H22N2O4/c1-6-21-13(16-17-14(18)20-5)15(4,19)12-8-7-10(2)11(3)9-12/h7-9,19H,6H2,1-5H3,(H,17,18)/b16-13+. The minimum absolute atomic E-state index is 0.00125. The summed E-state index contributed by atoms with van der Waals surface area (Å²) in [7, 11) is 1.23. The Bertz CT molecular complexity index is 538. The van der Waals surface area contributed by atoms with Crippen molar-refractivity contribution in [1.82, 2.24) is 5.43 Å². The molecule has 1 rings (SSSR count). The van der Waals surface area contributed by atoms with E-state index in [1.165, 1.54) is 7.11 Å². The van der Waals surface area contributed by atoms with Crippen LogP contribution < -0.4 is 5.43 Å². The number of carbonyl (C=O) groups is 1. The third-order valence-electron chi connectivity index (χ3n) is 3.20. The number of methoxy groups -OCH3 is 1. The maximum atomic E-state index is 11.1. The zero-order valence-electron chi connectivity index (χ0n) is 13.1. The molecule has 0 spiro atoms. The fourth-order valence-electron chi connectivity index (χ4n) is 1.73. The number of benzene rings is 1. The lowest BCUT2D eigenvalue weighted by Crippen LogP contribution is -2.36. The fourth-order valence-corrected chi connectivity index (χ4v) is 1.73. The second-order valence-corrected chi connectivity index (χ2v) is 4.82. The zero-order valence-corrected chi connectivity index (χ0v) is 13.1. The predicted molar refractivity (Wildman–Crippen MR) is 80.1 cm³/mol. The molecule has 0 aliphatic carbocycles. The van der Waals surface area contributed by atoms with Crippen LogP contribution in [-0.4, -0.2) is 30.8 Å². The van der Waals surface area contributed by atoms with Gasteiger partial charge in [0.25, 0.3) is 0 Å². The summed E-state index contributed by atoms with van der Waals surface area (Å²) in [4.78, 5) is 11.1. The van der Waals surface area contributed by atoms with Gasteiger partial charge >= 0.3 is 6.09 Å². The molecule has 1 aromatic rings. The molecule has 1 amide bonds. The molecule has 0 bridgehead atoms. The van der Waals surface area contributed by atoms with Crippen LogP contribution in [0.25, 0.3) is 0 Å². The van der Waals surface area contributed by atoms with Crippen molar-refractivity contribution in [2.75, 3.05) is 13.7 Å². The first kappa shape index (κ1) is 17.0. The van der Waals surface area contributed by atoms with E-state index < -0.39 is 11.7 Å². The summed E-state index contributed by atoms with van der Waals surface area (Å²) in [6.07, 6.45) is -0.733. The van der Waals surface area contributed by atoms with Gasteiger partial charge < -0.3 is 14.6 Å². The minimum atomic E-state index is -1.46. The molecule has 2 N–H and O–H groups in total. The van der Waals surface area contributed by atoms with Gasteiger partial charge in [0.05, 0.1) is 13.7 Å². The fraction of sp³-hybridized carbons (Fsp3) is 0.467. The number of carbonyl (C=O) groups excluding carboxylic acids is 1. The highest BCUT2D eigenvalue weighted by atomic mass is 16.5. The van der Waals surface area contributed by atoms with Gasteiger partial charge in [0, 0.05) is 0 Å². The molecule has 1 aromatic carbocycles. The highest BCUT2D eigenvalue weighted by Gasteiger charge is 2.32. The van der Waals surface area contributed by atoms with Gasteiger partial charge in [0.2, 0.25) is 5.90 Å². The maximum Gasteiger partial charge on any atom is 0.427 e. The van der Waals surface area contributed by atoms with Gasteiger partial charge in [0.1, 0.15) is 0 Å². The van der Waals surface area contributed by atoms with Crippen LogP contribution in [0.2, 0.25) is 0 Å². The smallest absolute Gasteiger partial charge is 0.427 e. The van der Waals surface area contributed by atoms with Gasteiger partial charge in [-0.25, -0.2) is 10.2 Å². The Labute approximate surface area is 124 Å². The molecule has 0 saturated carbocycles. The quantitative estimate of drug-likeness (QED) is 0.507. The van der Waals surface area contributed by atoms with Crippen molar-refractivity contribution < 1.29 is 19.4 Å². The molecule has 0 aliphatic rings. The number of hydrogen-bond acceptors (Lipinski definition) is 5. The first-order valence-corrected chi connectivity index (χ1v) is 6.68. The predicted octanol–water partition coefficient (Wildman–Crippen LogP) is 2.22. The molecule has 1 unspecified atom stereocenters. The Morgan fingerprint density at radius 3 is 2.57 bits per heavy atom. The van der Waals surface area contributed by atoms with Crippen LogP contribution in [0.1, 0.15) is 30.5 Å². The number of rotatable bonds is 4. The number of amides is 1. The first-order chi connectivity index (χ1) is 9.82. The number of nitrogens with one attached hydrogen (secondary N) is 1. The van der Waals surface area contributed by atoms with Gasteiger partial charge in [-0.15, -0.1) is 5.10 Å². The average Bonchev–Trinajstić information content (AvgIpc) is 2.45. The van der Waals surface area contributed by atoms with Gasteiger partial charge in [0.15, 0.2) is 5.60 Å². The van der Waals surface area contributed by atoms with E-state index in [9.17, 15) is 9.90 Å². The number of hydrogen-bond donors (Lipinski definition) is 2. The summed E-state index contributed by atoms with van der Waals surface area (Å²) >= 11 is 0. The summed E-state index contributed by atoms with van der Waals surface area (Å²) in [5.41, 5.74) is 3.50. The molecule has 1 atom stereocenters. The van der Waals surface area contributed by atoms with Crippen LogP contribution in [-0.2, 0) is 15.1 Å². The average molecular weight is 294 g/mol. The molecular formula is C15H22N2O4. The normalized spacial score (nSPS) is 14.3. The maximum absolute atomic E-state index is 11.1. The highest BCUT2D eigenvalue weighted by Crippen LogP contribution is 2.25. The van der Waals surface area contributed by atoms with Crippen LogP contribution in [0.4, 0.5) is 4.79 Å². The number of ether oxygens (including phenoxy) is 2. The van der Waals surface area contributed by atoms with Crippen molar-refractivity contribution in [3.05, 3.63) is 34.9 Å². The van der Waals surface area contributed by atoms with E-state index in [2.05, 4.69) is 15.3 Å². The molecule has 0 radical (unpaired) electrons. The van der Waals surface area contributed by atoms with Crippen molar-refractivity contribution in [3.63, 3.8) is 0 Å². The van der Waals surface area contributed by atoms with E-state index >= 15 is 0 Å². The summed E-state index contributed by atoms with van der Waals surface area (Å²) in [6, 6.07) is 5.58. The van der Waals surface area contributed by atoms with Crippen molar-refractivity contribution in [2.45, 2.75) is 33.3 Å². The minimum Gasteiger partial charge on any atom is -0.478 e. The first-order valence-electron chi connectivity index (χ1n) is 6.68. The topological polar surface area (TPSA) is 80.2 Å². The number of hydrazone groups is 1. The van der Waals surface area contributed by atoms with Crippen LogP contribution in [0, 0.1) is 13.8 Å². The van der Waals surface area contributed by atoms with Crippen molar-refractivity contribution in [3.8, 4) is 0 Å². The van der Waals surface area contributed by atoms with Gasteiger partial charge in [-0.2, -0.15) is 0 Å². The largest absolute Gasteiger partial charge is 0.478 e. The molecule has 0 heterocycles. The molecule has 6 heteroatoms. The third-order valence-corrected chi connectivity index (χ3v) is 3.20. The molecule has 0 aromatic heterocycles. The zero-order chi connectivity index (χ0) is 16.0. The molecule has 0 saturated heterocycles. The van der Waals surface area contributed by atoms with Gasteiger partial charge in [-0.3, -0.25) is 0 Å². The van der Waals surface area contributed by atoms with E-state index in [0.717, 1.165) is 11.1 Å². The Morgan fingerprint density at radius 1 is 1.38 bits per heavy atom. The molecule has 116 valence electrons. The molecule has 0 fully saturated rings. The Hall–Kier alpha value is -2.08. The summed E-state index contributed by atoms with van der Waals surface area (Å²) < 4.78 is 9.79. The number of aryl methyl sites for hydroxylation is 2. The van der Waals surface area contributed by atoms with Crippen LogP contribution in [0.3, 0.4) is 0 Å². The third kappa shape index (κ3) is 4.19. The molecule has 0 aliphatic heterocycles. The summed E-state index contributed by atoms with van der Waals surface area (Å²) in [5.74, 6) is -0.00125. The van der Waals surface area contributed by atoms with Crippen LogP contribution in [0.5, 0.6) is 0 Å². The van der Waals surface area contributed by atoms with E-state index in [4.69, 9.17) is 4.74 Å². The molecule has 6 nitrogen and oxygen atoms in total. The monoisotopic (exact) mass is 294 g/mol. The Morgan fingerprint density at radius 2 is 2.05 bits per heavy atom. The SMILES string of the molecule is CCO/C(=N/NC(=O)OC)C(C)(O)c1ccc(C)c(C)c1. The molecular weight excluding hydrogens is 272 g/mol. The van der Waals surface area contributed by atoms with Crippen LogP contribution >= 0.6 is 0 Å². The van der Waals surface area contributed by atoms with E-state index in [1.54, 1.807) is 19.9 Å². The van der Waals surface area contributed by atoms with Gasteiger partial charge in [-0.1, -0.05) is 18.2 Å². The molecule has 21 heavy (non-hydrogen) atoms. The number of nitrogens with zero attached hydrogens (tertiary/aromatic N) is 1. The van der Waals surface area contributed by atoms with Crippen molar-refractivity contribution in [1.29, 1.82) is 0 Å². The van der Waals surface area contributed by atoms with E-state index in [1.807, 2.05) is 26.0 Å².